The third kappa shape index (κ3) is 4.84. The maximum Gasteiger partial charge on any atom is 0.248 e. The number of pyridine rings is 1. The highest BCUT2D eigenvalue weighted by molar-refractivity contribution is 5.93. The van der Waals surface area contributed by atoms with Gasteiger partial charge in [0.25, 0.3) is 0 Å². The molecule has 0 unspecified atom stereocenters. The van der Waals surface area contributed by atoms with Crippen LogP contribution < -0.4 is 5.32 Å². The third-order valence-electron chi connectivity index (χ3n) is 4.58. The number of benzene rings is 1. The number of hydrogen-bond donors (Lipinski definition) is 1. The van der Waals surface area contributed by atoms with Crippen LogP contribution in [0, 0.1) is 12.8 Å². The maximum atomic E-state index is 12.0. The van der Waals surface area contributed by atoms with Crippen LogP contribution in [-0.4, -0.2) is 16.8 Å². The molecule has 2 aromatic rings. The van der Waals surface area contributed by atoms with Gasteiger partial charge in [-0.15, -0.1) is 0 Å². The number of nitrogens with one attached hydrogen (secondary N) is 1. The van der Waals surface area contributed by atoms with Crippen molar-refractivity contribution in [3.63, 3.8) is 0 Å². The fourth-order valence-corrected chi connectivity index (χ4v) is 2.54. The molecule has 2 aliphatic rings. The highest BCUT2D eigenvalue weighted by atomic mass is 19.3. The molecule has 134 valence electrons. The van der Waals surface area contributed by atoms with Crippen LogP contribution in [0.3, 0.4) is 0 Å². The van der Waals surface area contributed by atoms with Gasteiger partial charge < -0.3 is 5.32 Å². The summed E-state index contributed by atoms with van der Waals surface area (Å²) >= 11 is 0. The largest absolute Gasteiger partial charge is 0.326 e. The van der Waals surface area contributed by atoms with Gasteiger partial charge in [-0.1, -0.05) is 18.6 Å². The lowest BCUT2D eigenvalue weighted by molar-refractivity contribution is -0.122. The molecule has 0 bridgehead atoms. The van der Waals surface area contributed by atoms with E-state index in [1.165, 1.54) is 12.0 Å². The summed E-state index contributed by atoms with van der Waals surface area (Å²) in [5.41, 5.74) is 4.24. The number of carbonyl (C=O) groups excluding carboxylic acids is 1. The van der Waals surface area contributed by atoms with E-state index in [1.807, 2.05) is 36.5 Å². The molecule has 1 heterocycles. The van der Waals surface area contributed by atoms with Crippen LogP contribution in [0.5, 0.6) is 0 Å². The van der Waals surface area contributed by atoms with Crippen molar-refractivity contribution >= 4 is 11.6 Å². The molecule has 25 heavy (non-hydrogen) atoms. The number of alkyl halides is 2. The van der Waals surface area contributed by atoms with Crippen molar-refractivity contribution < 1.29 is 15.0 Å². The molecule has 2 saturated carbocycles. The molecule has 2 aliphatic carbocycles. The number of carbonyl (C=O) groups is 1. The predicted molar refractivity (Wildman–Crippen MR) is 96.7 cm³/mol. The smallest absolute Gasteiger partial charge is 0.248 e. The van der Waals surface area contributed by atoms with Crippen LogP contribution in [-0.2, 0) is 4.79 Å². The van der Waals surface area contributed by atoms with Gasteiger partial charge in [0.15, 0.2) is 0 Å². The average molecular weight is 346 g/mol. The molecule has 5 heteroatoms. The lowest BCUT2D eigenvalue weighted by Crippen LogP contribution is -2.28. The molecule has 1 aromatic heterocycles. The van der Waals surface area contributed by atoms with Crippen molar-refractivity contribution in [1.29, 1.82) is 0 Å². The van der Waals surface area contributed by atoms with Crippen LogP contribution in [0.1, 0.15) is 39.1 Å². The van der Waals surface area contributed by atoms with E-state index in [0.717, 1.165) is 29.7 Å². The van der Waals surface area contributed by atoms with Crippen LogP contribution >= 0.6 is 0 Å². The maximum absolute atomic E-state index is 12.0. The monoisotopic (exact) mass is 346 g/mol. The van der Waals surface area contributed by atoms with Gasteiger partial charge in [-0.3, -0.25) is 9.78 Å². The zero-order chi connectivity index (χ0) is 17.9. The van der Waals surface area contributed by atoms with Crippen LogP contribution in [0.2, 0.25) is 0 Å². The summed E-state index contributed by atoms with van der Waals surface area (Å²) in [6.07, 6.45) is 7.06. The van der Waals surface area contributed by atoms with Crippen molar-refractivity contribution in [2.75, 3.05) is 5.32 Å². The molecule has 0 saturated heterocycles. The first-order valence-electron chi connectivity index (χ1n) is 8.64. The Balaban J connectivity index is 0.000000351. The molecule has 1 N–H and O–H groups in total. The first kappa shape index (κ1) is 17.5. The molecule has 2 fully saturated rings. The lowest BCUT2D eigenvalue weighted by Gasteiger charge is -2.24. The molecular formula is C20H24F2N2O. The minimum atomic E-state index is -2.25. The normalized spacial score (nSPS) is 17.7. The van der Waals surface area contributed by atoms with Gasteiger partial charge in [0, 0.05) is 43.8 Å². The Kier molecular flexibility index (Phi) is 5.11. The van der Waals surface area contributed by atoms with Gasteiger partial charge in [0.05, 0.1) is 0 Å². The molecule has 0 spiro atoms. The predicted octanol–water partition coefficient (Wildman–Crippen LogP) is 5.46. The van der Waals surface area contributed by atoms with E-state index in [2.05, 4.69) is 17.2 Å². The summed E-state index contributed by atoms with van der Waals surface area (Å²) < 4.78 is 22.3. The number of amides is 1. The molecule has 1 aromatic carbocycles. The number of nitrogens with zero attached hydrogens (tertiary/aromatic N) is 1. The number of rotatable bonds is 3. The summed E-state index contributed by atoms with van der Waals surface area (Å²) in [5, 5.41) is 3.02. The fraction of sp³-hybridized carbons (Fsp3) is 0.400. The summed E-state index contributed by atoms with van der Waals surface area (Å²) in [7, 11) is 0. The van der Waals surface area contributed by atoms with Crippen LogP contribution in [0.15, 0.2) is 42.7 Å². The standard InChI is InChI=1S/C17H18N2O.C3H4F2.H2/c1-12-7-8-15(19-17(20)13-4-2-5-13)10-16(12)14-6-3-9-18-11-14;4-3(5)1-2-3;/h3,6-11,13H,2,4-5H2,1H3,(H,19,20);1-2H2;1H. The van der Waals surface area contributed by atoms with E-state index in [0.29, 0.717) is 0 Å². The Morgan fingerprint density at radius 1 is 1.28 bits per heavy atom. The van der Waals surface area contributed by atoms with Gasteiger partial charge in [0.1, 0.15) is 0 Å². The number of aromatic nitrogens is 1. The molecule has 0 aliphatic heterocycles. The summed E-state index contributed by atoms with van der Waals surface area (Å²) in [6.45, 7) is 2.07. The van der Waals surface area contributed by atoms with Crippen molar-refractivity contribution in [3.05, 3.63) is 48.3 Å². The number of hydrogen-bond acceptors (Lipinski definition) is 2. The Bertz CT molecular complexity index is 743. The van der Waals surface area contributed by atoms with Crippen molar-refractivity contribution in [1.82, 2.24) is 4.98 Å². The summed E-state index contributed by atoms with van der Waals surface area (Å²) in [5.74, 6) is -1.89. The summed E-state index contributed by atoms with van der Waals surface area (Å²) in [4.78, 5) is 16.2. The van der Waals surface area contributed by atoms with E-state index in [-0.39, 0.29) is 26.1 Å². The molecule has 3 nitrogen and oxygen atoms in total. The number of halogens is 2. The van der Waals surface area contributed by atoms with Gasteiger partial charge >= 0.3 is 0 Å². The summed E-state index contributed by atoms with van der Waals surface area (Å²) in [6, 6.07) is 9.99. The minimum Gasteiger partial charge on any atom is -0.326 e. The Morgan fingerprint density at radius 3 is 2.52 bits per heavy atom. The zero-order valence-corrected chi connectivity index (χ0v) is 14.3. The Labute approximate surface area is 148 Å². The second-order valence-corrected chi connectivity index (χ2v) is 6.74. The number of anilines is 1. The van der Waals surface area contributed by atoms with Crippen molar-refractivity contribution in [2.45, 2.75) is 45.0 Å². The highest BCUT2D eigenvalue weighted by Gasteiger charge is 2.43. The second-order valence-electron chi connectivity index (χ2n) is 6.74. The van der Waals surface area contributed by atoms with E-state index >= 15 is 0 Å². The van der Waals surface area contributed by atoms with E-state index in [4.69, 9.17) is 0 Å². The number of aryl methyl sites for hydroxylation is 1. The van der Waals surface area contributed by atoms with E-state index < -0.39 is 5.92 Å². The van der Waals surface area contributed by atoms with E-state index in [1.54, 1.807) is 6.20 Å². The van der Waals surface area contributed by atoms with Crippen LogP contribution in [0.25, 0.3) is 11.1 Å². The van der Waals surface area contributed by atoms with Gasteiger partial charge in [0.2, 0.25) is 11.8 Å². The van der Waals surface area contributed by atoms with Crippen molar-refractivity contribution in [2.24, 2.45) is 5.92 Å². The minimum absolute atomic E-state index is 0. The molecular weight excluding hydrogens is 322 g/mol. The van der Waals surface area contributed by atoms with Gasteiger partial charge in [-0.2, -0.15) is 0 Å². The Morgan fingerprint density at radius 2 is 2.00 bits per heavy atom. The molecule has 0 radical (unpaired) electrons. The highest BCUT2D eigenvalue weighted by Crippen LogP contribution is 2.40. The fourth-order valence-electron chi connectivity index (χ4n) is 2.54. The third-order valence-corrected chi connectivity index (χ3v) is 4.58. The van der Waals surface area contributed by atoms with Gasteiger partial charge in [-0.25, -0.2) is 8.78 Å². The quantitative estimate of drug-likeness (QED) is 0.802. The molecule has 4 rings (SSSR count). The zero-order valence-electron chi connectivity index (χ0n) is 14.3. The van der Waals surface area contributed by atoms with Crippen molar-refractivity contribution in [3.8, 4) is 11.1 Å². The van der Waals surface area contributed by atoms with Crippen LogP contribution in [0.4, 0.5) is 14.5 Å². The van der Waals surface area contributed by atoms with E-state index in [9.17, 15) is 13.6 Å². The Hall–Kier alpha value is -2.30. The first-order chi connectivity index (χ1) is 11.9. The molecule has 0 atom stereocenters. The second kappa shape index (κ2) is 7.30. The average Bonchev–Trinajstić information content (AvgIpc) is 3.24. The SMILES string of the molecule is Cc1ccc(NC(=O)C2CCC2)cc1-c1cccnc1.FC1(F)CC1.[HH]. The lowest BCUT2D eigenvalue weighted by atomic mass is 9.85. The van der Waals surface area contributed by atoms with Gasteiger partial charge in [-0.05, 0) is 49.1 Å². The first-order valence-corrected chi connectivity index (χ1v) is 8.64. The topological polar surface area (TPSA) is 42.0 Å². The molecule has 1 amide bonds.